The van der Waals surface area contributed by atoms with Gasteiger partial charge in [0.25, 0.3) is 11.4 Å². The smallest absolute Gasteiger partial charge is 0.332 e. The minimum absolute atomic E-state index is 0.00741. The van der Waals surface area contributed by atoms with Gasteiger partial charge in [-0.05, 0) is 35.9 Å². The van der Waals surface area contributed by atoms with Gasteiger partial charge in [-0.25, -0.2) is 9.18 Å². The topological polar surface area (TPSA) is 101 Å². The van der Waals surface area contributed by atoms with E-state index in [4.69, 9.17) is 16.1 Å². The van der Waals surface area contributed by atoms with E-state index in [0.717, 1.165) is 4.57 Å². The lowest BCUT2D eigenvalue weighted by Crippen LogP contribution is -2.37. The first kappa shape index (κ1) is 17.2. The number of nitrogens with zero attached hydrogens (tertiary/aromatic N) is 6. The first-order valence-corrected chi connectivity index (χ1v) is 8.15. The van der Waals surface area contributed by atoms with Crippen molar-refractivity contribution in [2.24, 2.45) is 14.1 Å². The highest BCUT2D eigenvalue weighted by Crippen LogP contribution is 2.20. The molecule has 0 bridgehead atoms. The molecule has 4 rings (SSSR count). The number of benzene rings is 1. The average molecular weight is 391 g/mol. The van der Waals surface area contributed by atoms with E-state index >= 15 is 0 Å². The predicted molar refractivity (Wildman–Crippen MR) is 94.0 cm³/mol. The normalized spacial score (nSPS) is 11.4. The Balaban J connectivity index is 1.79. The summed E-state index contributed by atoms with van der Waals surface area (Å²) >= 11 is 6.17. The van der Waals surface area contributed by atoms with Crippen molar-refractivity contribution in [1.82, 2.24) is 28.8 Å². The van der Waals surface area contributed by atoms with E-state index in [0.29, 0.717) is 5.56 Å². The zero-order valence-corrected chi connectivity index (χ0v) is 14.9. The van der Waals surface area contributed by atoms with Crippen LogP contribution in [0.2, 0.25) is 5.28 Å². The first-order valence-electron chi connectivity index (χ1n) is 7.77. The SMILES string of the molecule is Cn1c(=O)c2c(nc(Cl)n2Cc2noc(-c3ccc(F)cc3)n2)n(C)c1=O. The molecule has 0 unspecified atom stereocenters. The fourth-order valence-electron chi connectivity index (χ4n) is 2.73. The van der Waals surface area contributed by atoms with Gasteiger partial charge in [-0.2, -0.15) is 9.97 Å². The predicted octanol–water partition coefficient (Wildman–Crippen LogP) is 1.32. The van der Waals surface area contributed by atoms with Crippen molar-refractivity contribution in [3.05, 3.63) is 62.0 Å². The Bertz CT molecular complexity index is 1280. The number of imidazole rings is 1. The number of hydrogen-bond acceptors (Lipinski definition) is 6. The van der Waals surface area contributed by atoms with Crippen LogP contribution in [0.5, 0.6) is 0 Å². The second-order valence-corrected chi connectivity index (χ2v) is 6.21. The van der Waals surface area contributed by atoms with Gasteiger partial charge in [-0.1, -0.05) is 5.16 Å². The van der Waals surface area contributed by atoms with E-state index in [1.807, 2.05) is 0 Å². The lowest BCUT2D eigenvalue weighted by Gasteiger charge is -2.05. The van der Waals surface area contributed by atoms with E-state index in [2.05, 4.69) is 15.1 Å². The second-order valence-electron chi connectivity index (χ2n) is 5.87. The summed E-state index contributed by atoms with van der Waals surface area (Å²) < 4.78 is 21.8. The molecule has 0 saturated heterocycles. The van der Waals surface area contributed by atoms with Crippen LogP contribution in [0.4, 0.5) is 4.39 Å². The van der Waals surface area contributed by atoms with Gasteiger partial charge in [0.05, 0.1) is 6.54 Å². The lowest BCUT2D eigenvalue weighted by atomic mass is 10.2. The highest BCUT2D eigenvalue weighted by molar-refractivity contribution is 6.29. The maximum absolute atomic E-state index is 13.0. The third kappa shape index (κ3) is 2.74. The van der Waals surface area contributed by atoms with Crippen molar-refractivity contribution < 1.29 is 8.91 Å². The van der Waals surface area contributed by atoms with E-state index in [-0.39, 0.29) is 40.5 Å². The second kappa shape index (κ2) is 6.16. The molecule has 0 N–H and O–H groups in total. The van der Waals surface area contributed by atoms with Crippen molar-refractivity contribution >= 4 is 22.8 Å². The van der Waals surface area contributed by atoms with Crippen molar-refractivity contribution in [2.45, 2.75) is 6.54 Å². The van der Waals surface area contributed by atoms with Crippen molar-refractivity contribution in [1.29, 1.82) is 0 Å². The van der Waals surface area contributed by atoms with Crippen LogP contribution in [0.1, 0.15) is 5.82 Å². The minimum Gasteiger partial charge on any atom is -0.334 e. The summed E-state index contributed by atoms with van der Waals surface area (Å²) in [4.78, 5) is 32.9. The molecule has 0 aliphatic rings. The molecule has 27 heavy (non-hydrogen) atoms. The molecular formula is C16H12ClFN6O3. The molecule has 0 atom stereocenters. The van der Waals surface area contributed by atoms with Crippen LogP contribution in [0.3, 0.4) is 0 Å². The molecule has 11 heteroatoms. The molecular weight excluding hydrogens is 379 g/mol. The van der Waals surface area contributed by atoms with Crippen LogP contribution in [0.25, 0.3) is 22.6 Å². The van der Waals surface area contributed by atoms with Gasteiger partial charge < -0.3 is 9.09 Å². The van der Waals surface area contributed by atoms with Crippen molar-refractivity contribution in [3.63, 3.8) is 0 Å². The highest BCUT2D eigenvalue weighted by Gasteiger charge is 2.20. The van der Waals surface area contributed by atoms with Gasteiger partial charge in [0.2, 0.25) is 5.28 Å². The van der Waals surface area contributed by atoms with Crippen molar-refractivity contribution in [2.75, 3.05) is 0 Å². The van der Waals surface area contributed by atoms with E-state index < -0.39 is 11.2 Å². The molecule has 138 valence electrons. The molecule has 9 nitrogen and oxygen atoms in total. The number of aryl methyl sites for hydroxylation is 1. The molecule has 4 aromatic rings. The molecule has 0 aliphatic heterocycles. The molecule has 0 aliphatic carbocycles. The minimum atomic E-state index is -0.533. The zero-order valence-electron chi connectivity index (χ0n) is 14.2. The van der Waals surface area contributed by atoms with Crippen LogP contribution in [-0.2, 0) is 20.6 Å². The van der Waals surface area contributed by atoms with E-state index in [1.54, 1.807) is 0 Å². The highest BCUT2D eigenvalue weighted by atomic mass is 35.5. The average Bonchev–Trinajstić information content (AvgIpc) is 3.24. The van der Waals surface area contributed by atoms with Gasteiger partial charge in [0, 0.05) is 19.7 Å². The van der Waals surface area contributed by atoms with Crippen molar-refractivity contribution in [3.8, 4) is 11.5 Å². The maximum atomic E-state index is 13.0. The molecule has 0 amide bonds. The van der Waals surface area contributed by atoms with Gasteiger partial charge in [-0.15, -0.1) is 0 Å². The number of aromatic nitrogens is 6. The number of fused-ring (bicyclic) bond motifs is 1. The number of halogens is 2. The Hall–Kier alpha value is -3.27. The van der Waals surface area contributed by atoms with Gasteiger partial charge >= 0.3 is 5.69 Å². The van der Waals surface area contributed by atoms with Crippen LogP contribution < -0.4 is 11.2 Å². The largest absolute Gasteiger partial charge is 0.334 e. The Morgan fingerprint density at radius 1 is 1.11 bits per heavy atom. The molecule has 0 fully saturated rings. The Kier molecular flexibility index (Phi) is 3.92. The lowest BCUT2D eigenvalue weighted by molar-refractivity contribution is 0.420. The monoisotopic (exact) mass is 390 g/mol. The van der Waals surface area contributed by atoms with Gasteiger partial charge in [0.1, 0.15) is 5.82 Å². The van der Waals surface area contributed by atoms with Crippen LogP contribution in [0, 0.1) is 5.82 Å². The first-order chi connectivity index (χ1) is 12.9. The summed E-state index contributed by atoms with van der Waals surface area (Å²) in [7, 11) is 2.87. The Morgan fingerprint density at radius 2 is 1.81 bits per heavy atom. The van der Waals surface area contributed by atoms with E-state index in [1.165, 1.54) is 47.5 Å². The van der Waals surface area contributed by atoms with Crippen LogP contribution in [0.15, 0.2) is 38.4 Å². The Labute approximate surface area is 155 Å². The number of hydrogen-bond donors (Lipinski definition) is 0. The summed E-state index contributed by atoms with van der Waals surface area (Å²) in [5, 5.41) is 3.88. The fourth-order valence-corrected chi connectivity index (χ4v) is 2.96. The van der Waals surface area contributed by atoms with Gasteiger partial charge in [-0.3, -0.25) is 13.9 Å². The molecule has 0 spiro atoms. The number of rotatable bonds is 3. The molecule has 3 aromatic heterocycles. The summed E-state index contributed by atoms with van der Waals surface area (Å²) in [5.41, 5.74) is -0.176. The molecule has 0 radical (unpaired) electrons. The zero-order chi connectivity index (χ0) is 19.3. The summed E-state index contributed by atoms with van der Waals surface area (Å²) in [6.45, 7) is 0.00741. The van der Waals surface area contributed by atoms with Crippen LogP contribution in [-0.4, -0.2) is 28.8 Å². The summed E-state index contributed by atoms with van der Waals surface area (Å²) in [5.74, 6) is 0.0638. The standard InChI is InChI=1S/C16H12ClFN6O3/c1-22-12-11(14(25)23(2)16(22)26)24(15(17)20-12)7-10-19-13(27-21-10)8-3-5-9(18)6-4-8/h3-6H,7H2,1-2H3. The summed E-state index contributed by atoms with van der Waals surface area (Å²) in [6.07, 6.45) is 0. The third-order valence-electron chi connectivity index (χ3n) is 4.16. The fraction of sp³-hybridized carbons (Fsp3) is 0.188. The maximum Gasteiger partial charge on any atom is 0.332 e. The summed E-state index contributed by atoms with van der Waals surface area (Å²) in [6, 6.07) is 5.59. The molecule has 0 saturated carbocycles. The van der Waals surface area contributed by atoms with Gasteiger partial charge in [0.15, 0.2) is 17.0 Å². The quantitative estimate of drug-likeness (QED) is 0.489. The van der Waals surface area contributed by atoms with E-state index in [9.17, 15) is 14.0 Å². The molecule has 3 heterocycles. The third-order valence-corrected chi connectivity index (χ3v) is 4.45. The van der Waals surface area contributed by atoms with Crippen LogP contribution >= 0.6 is 11.6 Å². The molecule has 1 aromatic carbocycles. The Morgan fingerprint density at radius 3 is 2.52 bits per heavy atom.